The Bertz CT molecular complexity index is 543. The largest absolute Gasteiger partial charge is 0.488 e. The predicted molar refractivity (Wildman–Crippen MR) is 89.9 cm³/mol. The van der Waals surface area contributed by atoms with Gasteiger partial charge in [-0.25, -0.2) is 0 Å². The summed E-state index contributed by atoms with van der Waals surface area (Å²) in [4.78, 5) is 18.6. The number of carbonyl (C=O) groups excluding carboxylic acids is 1. The molecule has 0 unspecified atom stereocenters. The van der Waals surface area contributed by atoms with Gasteiger partial charge in [0.15, 0.2) is 0 Å². The van der Waals surface area contributed by atoms with E-state index in [1.165, 1.54) is 0 Å². The Morgan fingerprint density at radius 2 is 1.95 bits per heavy atom. The molecular formula is C17H27N3O2. The molecule has 0 radical (unpaired) electrons. The molecule has 122 valence electrons. The van der Waals surface area contributed by atoms with Gasteiger partial charge in [0, 0.05) is 45.8 Å². The first-order valence-electron chi connectivity index (χ1n) is 7.67. The monoisotopic (exact) mass is 305 g/mol. The summed E-state index contributed by atoms with van der Waals surface area (Å²) < 4.78 is 6.21. The second kappa shape index (κ2) is 6.57. The molecular weight excluding hydrogens is 278 g/mol. The SMILES string of the molecule is C[C@H]1CN(C)C(=O)c2cc(N(C)C)ccc2O[C@@H]1CN(C)C. The van der Waals surface area contributed by atoms with Crippen molar-refractivity contribution in [2.24, 2.45) is 5.92 Å². The molecule has 0 aliphatic carbocycles. The van der Waals surface area contributed by atoms with E-state index in [-0.39, 0.29) is 17.9 Å². The normalized spacial score (nSPS) is 22.0. The maximum absolute atomic E-state index is 12.7. The van der Waals surface area contributed by atoms with Gasteiger partial charge >= 0.3 is 0 Å². The molecule has 0 N–H and O–H groups in total. The van der Waals surface area contributed by atoms with Crippen LogP contribution in [0.15, 0.2) is 18.2 Å². The number of benzene rings is 1. The molecule has 2 atom stereocenters. The van der Waals surface area contributed by atoms with Crippen LogP contribution in [0.2, 0.25) is 0 Å². The molecule has 22 heavy (non-hydrogen) atoms. The second-order valence-electron chi connectivity index (χ2n) is 6.66. The van der Waals surface area contributed by atoms with Gasteiger partial charge in [0.25, 0.3) is 5.91 Å². The van der Waals surface area contributed by atoms with Gasteiger partial charge in [0.2, 0.25) is 0 Å². The zero-order valence-electron chi connectivity index (χ0n) is 14.5. The van der Waals surface area contributed by atoms with E-state index in [0.717, 1.165) is 12.2 Å². The van der Waals surface area contributed by atoms with Crippen LogP contribution < -0.4 is 9.64 Å². The molecule has 0 fully saturated rings. The lowest BCUT2D eigenvalue weighted by Crippen LogP contribution is -2.44. The third-order valence-electron chi connectivity index (χ3n) is 4.08. The summed E-state index contributed by atoms with van der Waals surface area (Å²) in [5.41, 5.74) is 1.64. The number of ether oxygens (including phenoxy) is 1. The fourth-order valence-electron chi connectivity index (χ4n) is 2.76. The summed E-state index contributed by atoms with van der Waals surface area (Å²) in [6, 6.07) is 5.82. The lowest BCUT2D eigenvalue weighted by atomic mass is 10.0. The minimum absolute atomic E-state index is 0.0221. The Hall–Kier alpha value is -1.75. The lowest BCUT2D eigenvalue weighted by Gasteiger charge is -2.34. The van der Waals surface area contributed by atoms with Crippen molar-refractivity contribution in [2.75, 3.05) is 53.2 Å². The van der Waals surface area contributed by atoms with Crippen LogP contribution >= 0.6 is 0 Å². The van der Waals surface area contributed by atoms with E-state index in [1.54, 1.807) is 4.90 Å². The number of hydrogen-bond donors (Lipinski definition) is 0. The van der Waals surface area contributed by atoms with Crippen molar-refractivity contribution in [3.63, 3.8) is 0 Å². The van der Waals surface area contributed by atoms with Crippen molar-refractivity contribution in [3.8, 4) is 5.75 Å². The Morgan fingerprint density at radius 3 is 2.55 bits per heavy atom. The summed E-state index contributed by atoms with van der Waals surface area (Å²) in [6.45, 7) is 3.66. The molecule has 5 heteroatoms. The standard InChI is InChI=1S/C17H27N3O2/c1-12-10-20(6)17(21)14-9-13(19(4)5)7-8-15(14)22-16(12)11-18(2)3/h7-9,12,16H,10-11H2,1-6H3/t12-,16+/m0/s1. The summed E-state index contributed by atoms with van der Waals surface area (Å²) in [6.07, 6.45) is 0.0644. The fraction of sp³-hybridized carbons (Fsp3) is 0.588. The smallest absolute Gasteiger partial charge is 0.257 e. The highest BCUT2D eigenvalue weighted by Crippen LogP contribution is 2.29. The summed E-state index contributed by atoms with van der Waals surface area (Å²) in [7, 11) is 9.88. The van der Waals surface area contributed by atoms with E-state index >= 15 is 0 Å². The number of likely N-dealkylation sites (N-methyl/N-ethyl adjacent to an activating group) is 1. The van der Waals surface area contributed by atoms with Crippen LogP contribution in [0.25, 0.3) is 0 Å². The predicted octanol–water partition coefficient (Wildman–Crippen LogP) is 1.78. The molecule has 0 aromatic heterocycles. The Morgan fingerprint density at radius 1 is 1.27 bits per heavy atom. The quantitative estimate of drug-likeness (QED) is 0.853. The van der Waals surface area contributed by atoms with Crippen LogP contribution in [0.4, 0.5) is 5.69 Å². The van der Waals surface area contributed by atoms with Crippen molar-refractivity contribution in [1.29, 1.82) is 0 Å². The number of fused-ring (bicyclic) bond motifs is 1. The molecule has 0 saturated carbocycles. The molecule has 0 saturated heterocycles. The van der Waals surface area contributed by atoms with Gasteiger partial charge in [-0.2, -0.15) is 0 Å². The first-order chi connectivity index (χ1) is 10.3. The van der Waals surface area contributed by atoms with Crippen molar-refractivity contribution in [2.45, 2.75) is 13.0 Å². The Balaban J connectivity index is 2.42. The van der Waals surface area contributed by atoms with E-state index < -0.39 is 0 Å². The third-order valence-corrected chi connectivity index (χ3v) is 4.08. The molecule has 0 bridgehead atoms. The average molecular weight is 305 g/mol. The minimum atomic E-state index is 0.0221. The Kier molecular flexibility index (Phi) is 4.96. The topological polar surface area (TPSA) is 36.0 Å². The van der Waals surface area contributed by atoms with E-state index in [4.69, 9.17) is 4.74 Å². The van der Waals surface area contributed by atoms with Crippen molar-refractivity contribution < 1.29 is 9.53 Å². The Labute approximate surface area is 133 Å². The van der Waals surface area contributed by atoms with Gasteiger partial charge in [-0.3, -0.25) is 4.79 Å². The van der Waals surface area contributed by atoms with Crippen LogP contribution in [0, 0.1) is 5.92 Å². The first kappa shape index (κ1) is 16.6. The van der Waals surface area contributed by atoms with Gasteiger partial charge in [-0.05, 0) is 32.3 Å². The molecule has 1 aliphatic heterocycles. The van der Waals surface area contributed by atoms with E-state index in [2.05, 4.69) is 11.8 Å². The molecule has 1 aliphatic rings. The van der Waals surface area contributed by atoms with Crippen LogP contribution in [0.3, 0.4) is 0 Å². The van der Waals surface area contributed by atoms with Gasteiger partial charge in [0.1, 0.15) is 11.9 Å². The van der Waals surface area contributed by atoms with Gasteiger partial charge in [-0.1, -0.05) is 6.92 Å². The number of amides is 1. The molecule has 2 rings (SSSR count). The highest BCUT2D eigenvalue weighted by Gasteiger charge is 2.29. The molecule has 1 aromatic carbocycles. The highest BCUT2D eigenvalue weighted by molar-refractivity contribution is 5.98. The third kappa shape index (κ3) is 3.53. The van der Waals surface area contributed by atoms with Crippen molar-refractivity contribution in [1.82, 2.24) is 9.80 Å². The van der Waals surface area contributed by atoms with Crippen LogP contribution in [-0.4, -0.2) is 70.1 Å². The first-order valence-corrected chi connectivity index (χ1v) is 7.67. The molecule has 1 amide bonds. The number of rotatable bonds is 3. The number of anilines is 1. The minimum Gasteiger partial charge on any atom is -0.488 e. The lowest BCUT2D eigenvalue weighted by molar-refractivity contribution is 0.0576. The highest BCUT2D eigenvalue weighted by atomic mass is 16.5. The average Bonchev–Trinajstić information content (AvgIpc) is 2.44. The van der Waals surface area contributed by atoms with Crippen molar-refractivity contribution in [3.05, 3.63) is 23.8 Å². The van der Waals surface area contributed by atoms with E-state index in [9.17, 15) is 4.79 Å². The maximum atomic E-state index is 12.7. The molecule has 1 aromatic rings. The van der Waals surface area contributed by atoms with Crippen molar-refractivity contribution >= 4 is 11.6 Å². The van der Waals surface area contributed by atoms with E-state index in [1.807, 2.05) is 58.3 Å². The second-order valence-corrected chi connectivity index (χ2v) is 6.66. The van der Waals surface area contributed by atoms with Gasteiger partial charge in [-0.15, -0.1) is 0 Å². The number of hydrogen-bond acceptors (Lipinski definition) is 4. The van der Waals surface area contributed by atoms with Gasteiger partial charge in [0.05, 0.1) is 5.56 Å². The summed E-state index contributed by atoms with van der Waals surface area (Å²) in [5, 5.41) is 0. The number of nitrogens with zero attached hydrogens (tertiary/aromatic N) is 3. The molecule has 1 heterocycles. The molecule has 0 spiro atoms. The maximum Gasteiger partial charge on any atom is 0.257 e. The van der Waals surface area contributed by atoms with Crippen LogP contribution in [-0.2, 0) is 0 Å². The molecule has 5 nitrogen and oxygen atoms in total. The van der Waals surface area contributed by atoms with E-state index in [0.29, 0.717) is 17.9 Å². The zero-order chi connectivity index (χ0) is 16.4. The van der Waals surface area contributed by atoms with Crippen LogP contribution in [0.1, 0.15) is 17.3 Å². The summed E-state index contributed by atoms with van der Waals surface area (Å²) >= 11 is 0. The van der Waals surface area contributed by atoms with Gasteiger partial charge < -0.3 is 19.4 Å². The summed E-state index contributed by atoms with van der Waals surface area (Å²) in [5.74, 6) is 0.979. The zero-order valence-corrected chi connectivity index (χ0v) is 14.5. The number of carbonyl (C=O) groups is 1. The van der Waals surface area contributed by atoms with Crippen LogP contribution in [0.5, 0.6) is 5.75 Å². The fourth-order valence-corrected chi connectivity index (χ4v) is 2.76.